The van der Waals surface area contributed by atoms with E-state index in [-0.39, 0.29) is 26.1 Å². The van der Waals surface area contributed by atoms with Gasteiger partial charge in [0.25, 0.3) is 0 Å². The summed E-state index contributed by atoms with van der Waals surface area (Å²) in [4.78, 5) is 25.6. The van der Waals surface area contributed by atoms with E-state index in [1.807, 2.05) is 37.3 Å². The molecule has 0 saturated heterocycles. The van der Waals surface area contributed by atoms with E-state index in [0.29, 0.717) is 69.9 Å². The maximum atomic E-state index is 12.4. The van der Waals surface area contributed by atoms with Gasteiger partial charge in [-0.25, -0.2) is 0 Å². The Balaban J connectivity index is 1.34. The number of hydrogen-bond acceptors (Lipinski definition) is 8. The molecule has 7 nitrogen and oxygen atoms in total. The summed E-state index contributed by atoms with van der Waals surface area (Å²) in [5.74, 6) is 2.46. The topological polar surface area (TPSA) is 114 Å². The fourth-order valence-electron chi connectivity index (χ4n) is 4.11. The Labute approximate surface area is 232 Å². The zero-order valence-corrected chi connectivity index (χ0v) is 24.4. The van der Waals surface area contributed by atoms with Crippen LogP contribution in [0.3, 0.4) is 0 Å². The predicted molar refractivity (Wildman–Crippen MR) is 155 cm³/mol. The average molecular weight is 602 g/mol. The van der Waals surface area contributed by atoms with Gasteiger partial charge in [-0.3, -0.25) is 4.79 Å². The second-order valence-corrected chi connectivity index (χ2v) is 12.5. The molecular formula is C29H34N2O5SSe. The molecule has 0 aliphatic carbocycles. The van der Waals surface area contributed by atoms with Crippen molar-refractivity contribution in [2.45, 2.75) is 39.0 Å². The van der Waals surface area contributed by atoms with E-state index >= 15 is 0 Å². The number of nitrogens with two attached hydrogens (primary N) is 2. The maximum absolute atomic E-state index is 12.4. The van der Waals surface area contributed by atoms with Gasteiger partial charge in [0.15, 0.2) is 5.78 Å². The van der Waals surface area contributed by atoms with Gasteiger partial charge in [-0.05, 0) is 19.0 Å². The number of ether oxygens (including phenoxy) is 3. The first-order chi connectivity index (χ1) is 18.4. The Morgan fingerprint density at radius 3 is 2.21 bits per heavy atom. The number of methoxy groups -OCH3 is 1. The van der Waals surface area contributed by atoms with Crippen molar-refractivity contribution in [1.82, 2.24) is 0 Å². The van der Waals surface area contributed by atoms with Crippen LogP contribution in [0.2, 0.25) is 0 Å². The zero-order chi connectivity index (χ0) is 27.1. The van der Waals surface area contributed by atoms with Crippen LogP contribution in [-0.2, 0) is 0 Å². The van der Waals surface area contributed by atoms with Gasteiger partial charge in [0.2, 0.25) is 0 Å². The van der Waals surface area contributed by atoms with E-state index in [1.165, 1.54) is 11.3 Å². The molecule has 9 heteroatoms. The zero-order valence-electron chi connectivity index (χ0n) is 21.8. The molecule has 4 rings (SSSR count). The SMILES string of the molecule is COc1cc2[se]c(C(=O)CCCN)cc2cc1OCCCOc1cc2cc(C(=O)CCCN)sc2cc1C. The number of ketones is 2. The fraction of sp³-hybridized carbons (Fsp3) is 0.379. The van der Waals surface area contributed by atoms with Crippen LogP contribution in [0.25, 0.3) is 19.7 Å². The van der Waals surface area contributed by atoms with E-state index in [9.17, 15) is 9.59 Å². The Bertz CT molecular complexity index is 1430. The molecule has 38 heavy (non-hydrogen) atoms. The minimum absolute atomic E-state index is 0.0272. The van der Waals surface area contributed by atoms with Gasteiger partial charge in [-0.2, -0.15) is 0 Å². The summed E-state index contributed by atoms with van der Waals surface area (Å²) < 4.78 is 20.7. The summed E-state index contributed by atoms with van der Waals surface area (Å²) in [5.41, 5.74) is 12.1. The summed E-state index contributed by atoms with van der Waals surface area (Å²) in [5, 5.41) is 2.04. The molecule has 2 heterocycles. The summed E-state index contributed by atoms with van der Waals surface area (Å²) >= 11 is 1.49. The van der Waals surface area contributed by atoms with Crippen molar-refractivity contribution in [2.75, 3.05) is 33.4 Å². The molecule has 0 atom stereocenters. The van der Waals surface area contributed by atoms with Crippen molar-refractivity contribution < 1.29 is 23.8 Å². The normalized spacial score (nSPS) is 11.3. The first kappa shape index (κ1) is 28.3. The number of carbonyl (C=O) groups excluding carboxylic acids is 2. The monoisotopic (exact) mass is 602 g/mol. The van der Waals surface area contributed by atoms with Crippen molar-refractivity contribution in [2.24, 2.45) is 11.5 Å². The van der Waals surface area contributed by atoms with Gasteiger partial charge >= 0.3 is 171 Å². The molecule has 202 valence electrons. The van der Waals surface area contributed by atoms with Crippen LogP contribution < -0.4 is 25.7 Å². The summed E-state index contributed by atoms with van der Waals surface area (Å²) in [7, 11) is 1.63. The number of carbonyl (C=O) groups is 2. The van der Waals surface area contributed by atoms with Crippen LogP contribution in [-0.4, -0.2) is 59.5 Å². The second kappa shape index (κ2) is 13.4. The molecule has 0 aliphatic heterocycles. The predicted octanol–water partition coefficient (Wildman–Crippen LogP) is 5.12. The van der Waals surface area contributed by atoms with Gasteiger partial charge in [-0.15, -0.1) is 11.3 Å². The summed E-state index contributed by atoms with van der Waals surface area (Å²) in [6, 6.07) is 11.9. The van der Waals surface area contributed by atoms with Crippen LogP contribution in [0.5, 0.6) is 17.2 Å². The number of aryl methyl sites for hydroxylation is 1. The molecule has 0 fully saturated rings. The molecule has 0 aliphatic rings. The third-order valence-electron chi connectivity index (χ3n) is 6.19. The van der Waals surface area contributed by atoms with Crippen molar-refractivity contribution in [3.05, 3.63) is 51.3 Å². The van der Waals surface area contributed by atoms with Gasteiger partial charge in [0.1, 0.15) is 0 Å². The Hall–Kier alpha value is -2.68. The molecule has 0 saturated carbocycles. The van der Waals surface area contributed by atoms with E-state index in [2.05, 4.69) is 6.07 Å². The third kappa shape index (κ3) is 6.84. The Morgan fingerprint density at radius 1 is 0.816 bits per heavy atom. The van der Waals surface area contributed by atoms with Crippen LogP contribution in [0.15, 0.2) is 36.4 Å². The molecular weight excluding hydrogens is 567 g/mol. The van der Waals surface area contributed by atoms with Gasteiger partial charge in [-0.1, -0.05) is 0 Å². The van der Waals surface area contributed by atoms with Crippen molar-refractivity contribution in [3.63, 3.8) is 0 Å². The number of hydrogen-bond donors (Lipinski definition) is 2. The molecule has 2 aromatic carbocycles. The Morgan fingerprint density at radius 2 is 1.50 bits per heavy atom. The van der Waals surface area contributed by atoms with E-state index < -0.39 is 0 Å². The minimum atomic E-state index is -0.0272. The number of thiophene rings is 1. The number of rotatable bonds is 15. The molecule has 4 N–H and O–H groups in total. The summed E-state index contributed by atoms with van der Waals surface area (Å²) in [6.45, 7) is 4.02. The third-order valence-corrected chi connectivity index (χ3v) is 9.71. The first-order valence-corrected chi connectivity index (χ1v) is 15.3. The van der Waals surface area contributed by atoms with E-state index in [4.69, 9.17) is 25.7 Å². The molecule has 0 spiro atoms. The second-order valence-electron chi connectivity index (χ2n) is 9.10. The fourth-order valence-corrected chi connectivity index (χ4v) is 7.41. The molecule has 0 radical (unpaired) electrons. The van der Waals surface area contributed by atoms with Crippen LogP contribution in [0.4, 0.5) is 0 Å². The van der Waals surface area contributed by atoms with Crippen LogP contribution in [0, 0.1) is 6.92 Å². The molecule has 4 aromatic rings. The van der Waals surface area contributed by atoms with Crippen LogP contribution >= 0.6 is 11.3 Å². The molecule has 0 bridgehead atoms. The summed E-state index contributed by atoms with van der Waals surface area (Å²) in [6.07, 6.45) is 3.07. The van der Waals surface area contributed by atoms with Crippen molar-refractivity contribution in [3.8, 4) is 17.2 Å². The standard InChI is InChI=1S/C29H34N2O5SSe/c1-18-12-26-19(15-27(37-26)21(32)6-3-8-30)13-23(18)35-10-5-11-36-25-14-20-16-29(22(33)7-4-9-31)38-28(20)17-24(25)34-2/h12-17H,3-11,30-31H2,1-2H3. The number of Topliss-reactive ketones (excluding diaryl/α,β-unsaturated/α-hetero) is 2. The van der Waals surface area contributed by atoms with Crippen molar-refractivity contribution in [1.29, 1.82) is 0 Å². The molecule has 0 amide bonds. The van der Waals surface area contributed by atoms with E-state index in [1.54, 1.807) is 7.11 Å². The average Bonchev–Trinajstić information content (AvgIpc) is 3.53. The quantitative estimate of drug-likeness (QED) is 0.110. The number of benzene rings is 2. The number of fused-ring (bicyclic) bond motifs is 2. The van der Waals surface area contributed by atoms with E-state index in [0.717, 1.165) is 40.4 Å². The first-order valence-electron chi connectivity index (χ1n) is 12.8. The van der Waals surface area contributed by atoms with Crippen LogP contribution in [0.1, 0.15) is 56.6 Å². The molecule has 0 unspecified atom stereocenters. The Kier molecular flexibility index (Phi) is 9.99. The molecule has 2 aromatic heterocycles. The van der Waals surface area contributed by atoms with Gasteiger partial charge < -0.3 is 5.73 Å². The van der Waals surface area contributed by atoms with Gasteiger partial charge in [0, 0.05) is 11.1 Å². The van der Waals surface area contributed by atoms with Gasteiger partial charge in [0.05, 0.1) is 4.88 Å². The van der Waals surface area contributed by atoms with Crippen molar-refractivity contribution >= 4 is 57.1 Å².